The van der Waals surface area contributed by atoms with Crippen molar-refractivity contribution in [2.75, 3.05) is 6.54 Å². The minimum absolute atomic E-state index is 0.0368. The normalized spacial score (nSPS) is 31.6. The van der Waals surface area contributed by atoms with E-state index in [-0.39, 0.29) is 5.60 Å². The van der Waals surface area contributed by atoms with E-state index in [0.29, 0.717) is 6.04 Å². The van der Waals surface area contributed by atoms with Crippen LogP contribution in [-0.4, -0.2) is 18.2 Å². The van der Waals surface area contributed by atoms with Gasteiger partial charge in [-0.3, -0.25) is 0 Å². The summed E-state index contributed by atoms with van der Waals surface area (Å²) in [6, 6.07) is 9.12. The second-order valence-corrected chi connectivity index (χ2v) is 5.84. The molecule has 1 fully saturated rings. The molecule has 2 aliphatic heterocycles. The maximum absolute atomic E-state index is 6.20. The minimum Gasteiger partial charge on any atom is -0.485 e. The zero-order valence-electron chi connectivity index (χ0n) is 10.7. The summed E-state index contributed by atoms with van der Waals surface area (Å²) in [6.45, 7) is 5.57. The Kier molecular flexibility index (Phi) is 2.62. The molecule has 0 aliphatic carbocycles. The lowest BCUT2D eigenvalue weighted by molar-refractivity contribution is 0.0469. The van der Waals surface area contributed by atoms with Crippen molar-refractivity contribution >= 4 is 0 Å². The van der Waals surface area contributed by atoms with Crippen molar-refractivity contribution < 1.29 is 4.74 Å². The molecule has 2 unspecified atom stereocenters. The van der Waals surface area contributed by atoms with Gasteiger partial charge in [0, 0.05) is 19.0 Å². The zero-order chi connectivity index (χ0) is 11.9. The molecule has 2 aliphatic rings. The lowest BCUT2D eigenvalue weighted by Crippen LogP contribution is -2.54. The van der Waals surface area contributed by atoms with E-state index in [9.17, 15) is 0 Å². The molecule has 0 amide bonds. The number of hydrogen-bond acceptors (Lipinski definition) is 2. The van der Waals surface area contributed by atoms with E-state index in [4.69, 9.17) is 4.74 Å². The van der Waals surface area contributed by atoms with Crippen LogP contribution in [0.1, 0.15) is 32.3 Å². The minimum atomic E-state index is 0.0368. The van der Waals surface area contributed by atoms with Gasteiger partial charge < -0.3 is 10.1 Å². The second-order valence-electron chi connectivity index (χ2n) is 5.84. The predicted molar refractivity (Wildman–Crippen MR) is 69.4 cm³/mol. The first-order chi connectivity index (χ1) is 8.19. The molecular weight excluding hydrogens is 210 g/mol. The molecular formula is C15H21NO. The van der Waals surface area contributed by atoms with Crippen LogP contribution in [-0.2, 0) is 6.42 Å². The Bertz CT molecular complexity index is 378. The summed E-state index contributed by atoms with van der Waals surface area (Å²) in [5.74, 6) is 1.81. The summed E-state index contributed by atoms with van der Waals surface area (Å²) in [4.78, 5) is 0. The van der Waals surface area contributed by atoms with E-state index in [0.717, 1.165) is 24.6 Å². The molecule has 0 bridgehead atoms. The fourth-order valence-electron chi connectivity index (χ4n) is 3.10. The highest BCUT2D eigenvalue weighted by molar-refractivity contribution is 5.39. The fraction of sp³-hybridized carbons (Fsp3) is 0.600. The second kappa shape index (κ2) is 4.02. The SMILES string of the molecule is CC(C)C1CCC2(CN1)Cc1ccccc1O2. The van der Waals surface area contributed by atoms with Gasteiger partial charge in [0.15, 0.2) is 0 Å². The quantitative estimate of drug-likeness (QED) is 0.802. The highest BCUT2D eigenvalue weighted by atomic mass is 16.5. The molecule has 1 spiro atoms. The van der Waals surface area contributed by atoms with Gasteiger partial charge in [-0.25, -0.2) is 0 Å². The Balaban J connectivity index is 1.72. The predicted octanol–water partition coefficient (Wildman–Crippen LogP) is 2.77. The third-order valence-corrected chi connectivity index (χ3v) is 4.21. The first kappa shape index (κ1) is 11.1. The molecule has 0 saturated carbocycles. The number of piperidine rings is 1. The van der Waals surface area contributed by atoms with Crippen molar-refractivity contribution in [1.82, 2.24) is 5.32 Å². The molecule has 1 N–H and O–H groups in total. The van der Waals surface area contributed by atoms with E-state index < -0.39 is 0 Å². The average molecular weight is 231 g/mol. The van der Waals surface area contributed by atoms with Crippen LogP contribution in [0.5, 0.6) is 5.75 Å². The van der Waals surface area contributed by atoms with Crippen LogP contribution in [0.25, 0.3) is 0 Å². The van der Waals surface area contributed by atoms with Gasteiger partial charge in [-0.15, -0.1) is 0 Å². The lowest BCUT2D eigenvalue weighted by atomic mass is 9.84. The van der Waals surface area contributed by atoms with Crippen LogP contribution in [0.3, 0.4) is 0 Å². The molecule has 2 heteroatoms. The van der Waals surface area contributed by atoms with Gasteiger partial charge >= 0.3 is 0 Å². The number of ether oxygens (including phenoxy) is 1. The Hall–Kier alpha value is -1.02. The van der Waals surface area contributed by atoms with Crippen molar-refractivity contribution in [3.8, 4) is 5.75 Å². The topological polar surface area (TPSA) is 21.3 Å². The van der Waals surface area contributed by atoms with Gasteiger partial charge in [-0.1, -0.05) is 32.0 Å². The number of rotatable bonds is 1. The number of benzene rings is 1. The van der Waals surface area contributed by atoms with Gasteiger partial charge in [-0.05, 0) is 30.4 Å². The molecule has 2 nitrogen and oxygen atoms in total. The van der Waals surface area contributed by atoms with E-state index in [1.165, 1.54) is 18.4 Å². The van der Waals surface area contributed by atoms with Crippen molar-refractivity contribution in [3.63, 3.8) is 0 Å². The van der Waals surface area contributed by atoms with Gasteiger partial charge in [0.1, 0.15) is 11.4 Å². The van der Waals surface area contributed by atoms with Crippen LogP contribution in [0.2, 0.25) is 0 Å². The summed E-state index contributed by atoms with van der Waals surface area (Å²) in [5, 5.41) is 3.66. The molecule has 92 valence electrons. The van der Waals surface area contributed by atoms with E-state index in [1.807, 2.05) is 0 Å². The monoisotopic (exact) mass is 231 g/mol. The highest BCUT2D eigenvalue weighted by Crippen LogP contribution is 2.39. The van der Waals surface area contributed by atoms with Crippen LogP contribution < -0.4 is 10.1 Å². The summed E-state index contributed by atoms with van der Waals surface area (Å²) in [7, 11) is 0. The van der Waals surface area contributed by atoms with Gasteiger partial charge in [0.25, 0.3) is 0 Å². The molecule has 3 rings (SSSR count). The third-order valence-electron chi connectivity index (χ3n) is 4.21. The molecule has 0 radical (unpaired) electrons. The average Bonchev–Trinajstić information content (AvgIpc) is 2.67. The van der Waals surface area contributed by atoms with Crippen molar-refractivity contribution in [3.05, 3.63) is 29.8 Å². The Labute approximate surface area is 103 Å². The van der Waals surface area contributed by atoms with Crippen molar-refractivity contribution in [2.45, 2.75) is 44.8 Å². The number of fused-ring (bicyclic) bond motifs is 1. The molecule has 2 heterocycles. The molecule has 1 saturated heterocycles. The molecule has 2 atom stereocenters. The largest absolute Gasteiger partial charge is 0.485 e. The standard InChI is InChI=1S/C15H21NO/c1-11(2)13-7-8-15(10-16-13)9-12-5-3-4-6-14(12)17-15/h3-6,11,13,16H,7-10H2,1-2H3. The summed E-state index contributed by atoms with van der Waals surface area (Å²) >= 11 is 0. The smallest absolute Gasteiger partial charge is 0.126 e. The van der Waals surface area contributed by atoms with Crippen molar-refractivity contribution in [2.24, 2.45) is 5.92 Å². The van der Waals surface area contributed by atoms with E-state index in [1.54, 1.807) is 0 Å². The Morgan fingerprint density at radius 2 is 2.18 bits per heavy atom. The highest BCUT2D eigenvalue weighted by Gasteiger charge is 2.42. The van der Waals surface area contributed by atoms with Gasteiger partial charge in [-0.2, -0.15) is 0 Å². The zero-order valence-corrected chi connectivity index (χ0v) is 10.7. The maximum Gasteiger partial charge on any atom is 0.126 e. The van der Waals surface area contributed by atoms with Gasteiger partial charge in [0.2, 0.25) is 0 Å². The third kappa shape index (κ3) is 1.95. The number of hydrogen-bond donors (Lipinski definition) is 1. The Morgan fingerprint density at radius 3 is 2.82 bits per heavy atom. The first-order valence-corrected chi connectivity index (χ1v) is 6.69. The van der Waals surface area contributed by atoms with Crippen LogP contribution in [0.15, 0.2) is 24.3 Å². The van der Waals surface area contributed by atoms with Crippen LogP contribution in [0.4, 0.5) is 0 Å². The van der Waals surface area contributed by atoms with Gasteiger partial charge in [0.05, 0.1) is 0 Å². The molecule has 17 heavy (non-hydrogen) atoms. The fourth-order valence-corrected chi connectivity index (χ4v) is 3.10. The van der Waals surface area contributed by atoms with Crippen LogP contribution in [0, 0.1) is 5.92 Å². The van der Waals surface area contributed by atoms with E-state index >= 15 is 0 Å². The maximum atomic E-state index is 6.20. The van der Waals surface area contributed by atoms with E-state index in [2.05, 4.69) is 43.4 Å². The summed E-state index contributed by atoms with van der Waals surface area (Å²) < 4.78 is 6.20. The number of para-hydroxylation sites is 1. The summed E-state index contributed by atoms with van der Waals surface area (Å²) in [5.41, 5.74) is 1.41. The van der Waals surface area contributed by atoms with Crippen LogP contribution >= 0.6 is 0 Å². The Morgan fingerprint density at radius 1 is 1.35 bits per heavy atom. The molecule has 1 aromatic carbocycles. The molecule has 0 aromatic heterocycles. The molecule has 1 aromatic rings. The summed E-state index contributed by atoms with van der Waals surface area (Å²) in [6.07, 6.45) is 3.48. The number of nitrogens with one attached hydrogen (secondary N) is 1. The van der Waals surface area contributed by atoms with Crippen molar-refractivity contribution in [1.29, 1.82) is 0 Å². The first-order valence-electron chi connectivity index (χ1n) is 6.69. The lowest BCUT2D eigenvalue weighted by Gasteiger charge is -2.39.